The number of halogens is 1. The van der Waals surface area contributed by atoms with Crippen LogP contribution in [-0.4, -0.2) is 10.0 Å². The minimum absolute atomic E-state index is 0.0279. The van der Waals surface area contributed by atoms with E-state index in [4.69, 9.17) is 16.3 Å². The van der Waals surface area contributed by atoms with Gasteiger partial charge in [0.15, 0.2) is 0 Å². The van der Waals surface area contributed by atoms with Gasteiger partial charge in [0.25, 0.3) is 5.69 Å². The van der Waals surface area contributed by atoms with E-state index in [0.717, 1.165) is 0 Å². The number of nitro groups is 1. The molecule has 21 heavy (non-hydrogen) atoms. The zero-order chi connectivity index (χ0) is 15.4. The molecule has 110 valence electrons. The maximum absolute atomic E-state index is 11.0. The second kappa shape index (κ2) is 6.56. The van der Waals surface area contributed by atoms with Gasteiger partial charge in [-0.25, -0.2) is 0 Å². The highest BCUT2D eigenvalue weighted by molar-refractivity contribution is 6.30. The van der Waals surface area contributed by atoms with Gasteiger partial charge in [0.05, 0.1) is 16.6 Å². The van der Waals surface area contributed by atoms with E-state index in [1.807, 2.05) is 0 Å². The maximum atomic E-state index is 11.0. The van der Waals surface area contributed by atoms with Gasteiger partial charge in [-0.3, -0.25) is 10.1 Å². The number of aliphatic hydroxyl groups is 1. The van der Waals surface area contributed by atoms with Crippen molar-refractivity contribution in [1.29, 1.82) is 0 Å². The van der Waals surface area contributed by atoms with Crippen molar-refractivity contribution in [2.24, 2.45) is 0 Å². The average molecular weight is 308 g/mol. The van der Waals surface area contributed by atoms with E-state index >= 15 is 0 Å². The van der Waals surface area contributed by atoms with Crippen molar-refractivity contribution < 1.29 is 14.8 Å². The summed E-state index contributed by atoms with van der Waals surface area (Å²) < 4.78 is 5.55. The van der Waals surface area contributed by atoms with E-state index in [1.165, 1.54) is 18.2 Å². The number of aliphatic hydroxyl groups excluding tert-OH is 1. The van der Waals surface area contributed by atoms with Crippen molar-refractivity contribution >= 4 is 17.3 Å². The predicted octanol–water partition coefficient (Wildman–Crippen LogP) is 3.88. The van der Waals surface area contributed by atoms with E-state index in [0.29, 0.717) is 21.9 Å². The van der Waals surface area contributed by atoms with Crippen molar-refractivity contribution in [3.05, 3.63) is 68.7 Å². The quantitative estimate of drug-likeness (QED) is 0.672. The molecule has 1 N–H and O–H groups in total. The first kappa shape index (κ1) is 15.3. The Hall–Kier alpha value is -2.11. The van der Waals surface area contributed by atoms with Gasteiger partial charge in [-0.1, -0.05) is 23.7 Å². The van der Waals surface area contributed by atoms with Crippen molar-refractivity contribution in [2.45, 2.75) is 19.6 Å². The molecule has 6 heteroatoms. The molecule has 0 saturated carbocycles. The molecule has 0 aromatic heterocycles. The summed E-state index contributed by atoms with van der Waals surface area (Å²) in [5.74, 6) is 0.530. The number of ether oxygens (including phenoxy) is 1. The summed E-state index contributed by atoms with van der Waals surface area (Å²) in [5.41, 5.74) is 1.08. The number of nitrogens with zero attached hydrogens (tertiary/aromatic N) is 1. The SMILES string of the molecule is CC(O)c1cccc(OCc2cc(Cl)ccc2[N+](=O)[O-])c1. The third-order valence-electron chi connectivity index (χ3n) is 2.97. The van der Waals surface area contributed by atoms with Gasteiger partial charge < -0.3 is 9.84 Å². The van der Waals surface area contributed by atoms with Crippen LogP contribution in [0.2, 0.25) is 5.02 Å². The Morgan fingerprint density at radius 3 is 2.76 bits per heavy atom. The molecule has 1 unspecified atom stereocenters. The van der Waals surface area contributed by atoms with Crippen LogP contribution in [0, 0.1) is 10.1 Å². The Labute approximate surface area is 126 Å². The van der Waals surface area contributed by atoms with Gasteiger partial charge in [-0.05, 0) is 36.8 Å². The van der Waals surface area contributed by atoms with E-state index in [-0.39, 0.29) is 12.3 Å². The summed E-state index contributed by atoms with van der Waals surface area (Å²) in [5, 5.41) is 20.9. The zero-order valence-electron chi connectivity index (χ0n) is 11.3. The lowest BCUT2D eigenvalue weighted by Gasteiger charge is -2.10. The fourth-order valence-corrected chi connectivity index (χ4v) is 2.07. The molecule has 0 amide bonds. The number of hydrogen-bond acceptors (Lipinski definition) is 4. The van der Waals surface area contributed by atoms with Crippen molar-refractivity contribution in [3.63, 3.8) is 0 Å². The Balaban J connectivity index is 2.18. The first-order valence-corrected chi connectivity index (χ1v) is 6.69. The van der Waals surface area contributed by atoms with E-state index < -0.39 is 11.0 Å². The van der Waals surface area contributed by atoms with Gasteiger partial charge in [-0.15, -0.1) is 0 Å². The molecule has 5 nitrogen and oxygen atoms in total. The molecule has 2 rings (SSSR count). The first-order chi connectivity index (χ1) is 9.97. The van der Waals surface area contributed by atoms with Gasteiger partial charge in [0.2, 0.25) is 0 Å². The Morgan fingerprint density at radius 1 is 1.33 bits per heavy atom. The minimum Gasteiger partial charge on any atom is -0.489 e. The normalized spacial score (nSPS) is 12.0. The molecule has 2 aromatic rings. The lowest BCUT2D eigenvalue weighted by atomic mass is 10.1. The van der Waals surface area contributed by atoms with Crippen molar-refractivity contribution in [1.82, 2.24) is 0 Å². The monoisotopic (exact) mass is 307 g/mol. The van der Waals surface area contributed by atoms with Crippen LogP contribution in [0.5, 0.6) is 5.75 Å². The first-order valence-electron chi connectivity index (χ1n) is 6.31. The third-order valence-corrected chi connectivity index (χ3v) is 3.21. The van der Waals surface area contributed by atoms with Gasteiger partial charge in [-0.2, -0.15) is 0 Å². The highest BCUT2D eigenvalue weighted by Gasteiger charge is 2.14. The Morgan fingerprint density at radius 2 is 2.10 bits per heavy atom. The highest BCUT2D eigenvalue weighted by Crippen LogP contribution is 2.25. The summed E-state index contributed by atoms with van der Waals surface area (Å²) in [6.45, 7) is 1.68. The van der Waals surface area contributed by atoms with Gasteiger partial charge in [0, 0.05) is 11.1 Å². The molecule has 0 aliphatic heterocycles. The number of benzene rings is 2. The third kappa shape index (κ3) is 3.93. The molecule has 0 fully saturated rings. The second-order valence-corrected chi connectivity index (χ2v) is 5.00. The predicted molar refractivity (Wildman–Crippen MR) is 79.5 cm³/mol. The molecule has 0 bridgehead atoms. The number of rotatable bonds is 5. The summed E-state index contributed by atoms with van der Waals surface area (Å²) in [6, 6.07) is 11.3. The number of nitro benzene ring substituents is 1. The minimum atomic E-state index is -0.603. The van der Waals surface area contributed by atoms with Gasteiger partial charge >= 0.3 is 0 Å². The molecule has 0 radical (unpaired) electrons. The van der Waals surface area contributed by atoms with E-state index in [9.17, 15) is 15.2 Å². The lowest BCUT2D eigenvalue weighted by molar-refractivity contribution is -0.385. The smallest absolute Gasteiger partial charge is 0.276 e. The largest absolute Gasteiger partial charge is 0.489 e. The second-order valence-electron chi connectivity index (χ2n) is 4.57. The van der Waals surface area contributed by atoms with Crippen LogP contribution >= 0.6 is 11.6 Å². The maximum Gasteiger partial charge on any atom is 0.276 e. The molecular weight excluding hydrogens is 294 g/mol. The molecular formula is C15H14ClNO4. The standard InChI is InChI=1S/C15H14ClNO4/c1-10(18)11-3-2-4-14(8-11)21-9-12-7-13(16)5-6-15(12)17(19)20/h2-8,10,18H,9H2,1H3. The zero-order valence-corrected chi connectivity index (χ0v) is 12.1. The summed E-state index contributed by atoms with van der Waals surface area (Å²) in [4.78, 5) is 10.5. The molecule has 0 aliphatic rings. The fraction of sp³-hybridized carbons (Fsp3) is 0.200. The van der Waals surface area contributed by atoms with Gasteiger partial charge in [0.1, 0.15) is 12.4 Å². The molecule has 0 heterocycles. The van der Waals surface area contributed by atoms with Crippen molar-refractivity contribution in [2.75, 3.05) is 0 Å². The van der Waals surface area contributed by atoms with Crippen LogP contribution < -0.4 is 4.74 Å². The summed E-state index contributed by atoms with van der Waals surface area (Å²) in [6.07, 6.45) is -0.603. The topological polar surface area (TPSA) is 72.6 Å². The number of hydrogen-bond donors (Lipinski definition) is 1. The molecule has 0 spiro atoms. The summed E-state index contributed by atoms with van der Waals surface area (Å²) >= 11 is 5.86. The average Bonchev–Trinajstić information content (AvgIpc) is 2.45. The fourth-order valence-electron chi connectivity index (χ4n) is 1.87. The molecule has 1 atom stereocenters. The van der Waals surface area contributed by atoms with E-state index in [1.54, 1.807) is 31.2 Å². The van der Waals surface area contributed by atoms with Crippen molar-refractivity contribution in [3.8, 4) is 5.75 Å². The molecule has 0 aliphatic carbocycles. The van der Waals surface area contributed by atoms with Crippen LogP contribution in [0.4, 0.5) is 5.69 Å². The Bertz CT molecular complexity index is 658. The van der Waals surface area contributed by atoms with Crippen LogP contribution in [0.3, 0.4) is 0 Å². The van der Waals surface area contributed by atoms with Crippen LogP contribution in [0.1, 0.15) is 24.2 Å². The van der Waals surface area contributed by atoms with Crippen LogP contribution in [0.25, 0.3) is 0 Å². The van der Waals surface area contributed by atoms with Crippen LogP contribution in [0.15, 0.2) is 42.5 Å². The molecule has 2 aromatic carbocycles. The summed E-state index contributed by atoms with van der Waals surface area (Å²) in [7, 11) is 0. The van der Waals surface area contributed by atoms with Crippen LogP contribution in [-0.2, 0) is 6.61 Å². The molecule has 0 saturated heterocycles. The highest BCUT2D eigenvalue weighted by atomic mass is 35.5. The van der Waals surface area contributed by atoms with E-state index in [2.05, 4.69) is 0 Å². The Kier molecular flexibility index (Phi) is 4.77. The lowest BCUT2D eigenvalue weighted by Crippen LogP contribution is -2.01.